The van der Waals surface area contributed by atoms with Crippen LogP contribution >= 0.6 is 0 Å². The molecule has 2 aliphatic heterocycles. The summed E-state index contributed by atoms with van der Waals surface area (Å²) < 4.78 is 7.68. The molecule has 1 atom stereocenters. The van der Waals surface area contributed by atoms with E-state index in [1.165, 1.54) is 12.8 Å². The second kappa shape index (κ2) is 8.92. The number of aliphatic hydroxyl groups is 1. The van der Waals surface area contributed by atoms with Gasteiger partial charge in [0.1, 0.15) is 29.3 Å². The van der Waals surface area contributed by atoms with E-state index in [2.05, 4.69) is 30.0 Å². The molecule has 9 heteroatoms. The van der Waals surface area contributed by atoms with Crippen molar-refractivity contribution in [2.75, 3.05) is 29.6 Å². The molecule has 1 aromatic carbocycles. The SMILES string of the molecule is Cc1ccc2nc(C)c(-c3cc4nc(N5CCCC5O)cc(N(C5CCOCC5)C5CC5)n4n3)nc2c1. The second-order valence-corrected chi connectivity index (χ2v) is 10.7. The Morgan fingerprint density at radius 3 is 2.49 bits per heavy atom. The minimum Gasteiger partial charge on any atom is -0.381 e. The number of aromatic nitrogens is 5. The molecule has 1 unspecified atom stereocenters. The van der Waals surface area contributed by atoms with Crippen LogP contribution in [0.4, 0.5) is 11.6 Å². The van der Waals surface area contributed by atoms with Crippen molar-refractivity contribution in [1.82, 2.24) is 24.6 Å². The molecule has 7 rings (SSSR count). The molecule has 0 amide bonds. The van der Waals surface area contributed by atoms with Gasteiger partial charge < -0.3 is 19.6 Å². The quantitative estimate of drug-likeness (QED) is 0.440. The smallest absolute Gasteiger partial charge is 0.160 e. The molecule has 0 spiro atoms. The van der Waals surface area contributed by atoms with Crippen molar-refractivity contribution in [2.24, 2.45) is 0 Å². The van der Waals surface area contributed by atoms with Crippen molar-refractivity contribution in [3.05, 3.63) is 41.6 Å². The van der Waals surface area contributed by atoms with E-state index in [0.717, 1.165) is 96.4 Å². The Kier molecular flexibility index (Phi) is 5.51. The van der Waals surface area contributed by atoms with Gasteiger partial charge in [0.25, 0.3) is 0 Å². The van der Waals surface area contributed by atoms with Crippen LogP contribution in [0.15, 0.2) is 30.3 Å². The molecule has 1 N–H and O–H groups in total. The summed E-state index contributed by atoms with van der Waals surface area (Å²) >= 11 is 0. The second-order valence-electron chi connectivity index (χ2n) is 10.7. The van der Waals surface area contributed by atoms with E-state index >= 15 is 0 Å². The van der Waals surface area contributed by atoms with Gasteiger partial charge in [0.15, 0.2) is 5.65 Å². The predicted molar refractivity (Wildman–Crippen MR) is 143 cm³/mol. The lowest BCUT2D eigenvalue weighted by atomic mass is 10.1. The Labute approximate surface area is 216 Å². The number of rotatable bonds is 5. The van der Waals surface area contributed by atoms with Crippen LogP contribution < -0.4 is 9.80 Å². The topological polar surface area (TPSA) is 91.9 Å². The lowest BCUT2D eigenvalue weighted by Gasteiger charge is -2.36. The number of benzene rings is 1. The highest BCUT2D eigenvalue weighted by Crippen LogP contribution is 2.38. The maximum atomic E-state index is 10.7. The van der Waals surface area contributed by atoms with Crippen LogP contribution in [0, 0.1) is 13.8 Å². The first-order chi connectivity index (χ1) is 18.0. The maximum Gasteiger partial charge on any atom is 0.160 e. The van der Waals surface area contributed by atoms with Crippen molar-refractivity contribution >= 4 is 28.3 Å². The zero-order chi connectivity index (χ0) is 25.1. The van der Waals surface area contributed by atoms with Crippen LogP contribution in [0.3, 0.4) is 0 Å². The first kappa shape index (κ1) is 22.9. The molecule has 5 heterocycles. The van der Waals surface area contributed by atoms with Crippen LogP contribution in [0.5, 0.6) is 0 Å². The number of aryl methyl sites for hydroxylation is 2. The molecule has 1 aliphatic carbocycles. The van der Waals surface area contributed by atoms with E-state index in [4.69, 9.17) is 24.8 Å². The third-order valence-corrected chi connectivity index (χ3v) is 7.94. The first-order valence-corrected chi connectivity index (χ1v) is 13.5. The van der Waals surface area contributed by atoms with E-state index in [1.54, 1.807) is 0 Å². The Hall–Kier alpha value is -3.30. The Morgan fingerprint density at radius 1 is 0.919 bits per heavy atom. The summed E-state index contributed by atoms with van der Waals surface area (Å²) in [6.07, 6.45) is 5.61. The molecule has 0 radical (unpaired) electrons. The van der Waals surface area contributed by atoms with Crippen LogP contribution in [0.25, 0.3) is 28.1 Å². The van der Waals surface area contributed by atoms with Crippen molar-refractivity contribution in [3.63, 3.8) is 0 Å². The lowest BCUT2D eigenvalue weighted by molar-refractivity contribution is 0.0838. The van der Waals surface area contributed by atoms with E-state index < -0.39 is 6.23 Å². The van der Waals surface area contributed by atoms with Gasteiger partial charge in [-0.15, -0.1) is 0 Å². The van der Waals surface area contributed by atoms with Crippen LogP contribution in [0.2, 0.25) is 0 Å². The van der Waals surface area contributed by atoms with Gasteiger partial charge in [-0.25, -0.2) is 15.0 Å². The largest absolute Gasteiger partial charge is 0.381 e. The van der Waals surface area contributed by atoms with Crippen molar-refractivity contribution in [2.45, 2.75) is 70.7 Å². The minimum atomic E-state index is -0.500. The first-order valence-electron chi connectivity index (χ1n) is 13.5. The summed E-state index contributed by atoms with van der Waals surface area (Å²) in [7, 11) is 0. The summed E-state index contributed by atoms with van der Waals surface area (Å²) in [4.78, 5) is 19.4. The molecule has 4 aromatic rings. The van der Waals surface area contributed by atoms with E-state index in [0.29, 0.717) is 12.1 Å². The van der Waals surface area contributed by atoms with Gasteiger partial charge in [-0.05, 0) is 70.1 Å². The normalized spacial score (nSPS) is 20.8. The van der Waals surface area contributed by atoms with Crippen LogP contribution in [-0.4, -0.2) is 67.7 Å². The Balaban J connectivity index is 1.40. The molecule has 1 saturated carbocycles. The fourth-order valence-corrected chi connectivity index (χ4v) is 5.89. The number of ether oxygens (including phenoxy) is 1. The van der Waals surface area contributed by atoms with Gasteiger partial charge >= 0.3 is 0 Å². The third kappa shape index (κ3) is 4.10. The standard InChI is InChI=1S/C28H33N7O2/c1-17-5-8-21-22(14-17)30-28(18(2)29-21)23-15-25-31-24(33-11-3-4-27(33)36)16-26(35(25)32-23)34(19-6-7-19)20-9-12-37-13-10-20/h5,8,14-16,19-20,27,36H,3-4,6-7,9-13H2,1-2H3. The fourth-order valence-electron chi connectivity index (χ4n) is 5.89. The number of hydrogen-bond acceptors (Lipinski definition) is 8. The van der Waals surface area contributed by atoms with E-state index in [-0.39, 0.29) is 0 Å². The molecule has 2 saturated heterocycles. The highest BCUT2D eigenvalue weighted by atomic mass is 16.5. The molecule has 3 aliphatic rings. The van der Waals surface area contributed by atoms with Gasteiger partial charge in [-0.3, -0.25) is 0 Å². The fraction of sp³-hybridized carbons (Fsp3) is 0.500. The molecule has 192 valence electrons. The molecule has 37 heavy (non-hydrogen) atoms. The summed E-state index contributed by atoms with van der Waals surface area (Å²) in [6, 6.07) is 11.2. The summed E-state index contributed by atoms with van der Waals surface area (Å²) in [5.41, 5.74) is 6.07. The van der Waals surface area contributed by atoms with Gasteiger partial charge in [0.05, 0.1) is 16.7 Å². The molecule has 0 bridgehead atoms. The third-order valence-electron chi connectivity index (χ3n) is 7.94. The zero-order valence-electron chi connectivity index (χ0n) is 21.5. The average molecular weight is 500 g/mol. The highest BCUT2D eigenvalue weighted by molar-refractivity contribution is 5.79. The molecule has 3 fully saturated rings. The molecular formula is C28H33N7O2. The summed E-state index contributed by atoms with van der Waals surface area (Å²) in [5.74, 6) is 1.86. The highest BCUT2D eigenvalue weighted by Gasteiger charge is 2.37. The monoisotopic (exact) mass is 499 g/mol. The zero-order valence-corrected chi connectivity index (χ0v) is 21.5. The van der Waals surface area contributed by atoms with Crippen molar-refractivity contribution in [1.29, 1.82) is 0 Å². The van der Waals surface area contributed by atoms with Crippen LogP contribution in [0.1, 0.15) is 49.8 Å². The summed E-state index contributed by atoms with van der Waals surface area (Å²) in [5, 5.41) is 15.8. The average Bonchev–Trinajstić information content (AvgIpc) is 3.48. The number of aliphatic hydroxyl groups excluding tert-OH is 1. The van der Waals surface area contributed by atoms with Crippen LogP contribution in [-0.2, 0) is 4.74 Å². The summed E-state index contributed by atoms with van der Waals surface area (Å²) in [6.45, 7) is 6.44. The van der Waals surface area contributed by atoms with Gasteiger partial charge in [-0.2, -0.15) is 9.61 Å². The van der Waals surface area contributed by atoms with Crippen molar-refractivity contribution in [3.8, 4) is 11.4 Å². The number of fused-ring (bicyclic) bond motifs is 2. The van der Waals surface area contributed by atoms with Crippen molar-refractivity contribution < 1.29 is 9.84 Å². The Bertz CT molecular complexity index is 1470. The van der Waals surface area contributed by atoms with Gasteiger partial charge in [-0.1, -0.05) is 6.07 Å². The predicted octanol–water partition coefficient (Wildman–Crippen LogP) is 4.02. The molecule has 9 nitrogen and oxygen atoms in total. The number of anilines is 2. The number of hydrogen-bond donors (Lipinski definition) is 1. The lowest BCUT2D eigenvalue weighted by Crippen LogP contribution is -2.42. The van der Waals surface area contributed by atoms with E-state index in [9.17, 15) is 5.11 Å². The van der Waals surface area contributed by atoms with Gasteiger partial charge in [0.2, 0.25) is 0 Å². The minimum absolute atomic E-state index is 0.404. The van der Waals surface area contributed by atoms with E-state index in [1.807, 2.05) is 28.5 Å². The Morgan fingerprint density at radius 2 is 1.73 bits per heavy atom. The number of nitrogens with zero attached hydrogens (tertiary/aromatic N) is 7. The van der Waals surface area contributed by atoms with Gasteiger partial charge in [0, 0.05) is 44.0 Å². The molecular weight excluding hydrogens is 466 g/mol. The maximum absolute atomic E-state index is 10.7. The molecule has 3 aromatic heterocycles.